The van der Waals surface area contributed by atoms with E-state index in [0.29, 0.717) is 5.92 Å². The highest BCUT2D eigenvalue weighted by atomic mass is 16.3. The van der Waals surface area contributed by atoms with E-state index in [1.54, 1.807) is 0 Å². The Labute approximate surface area is 96.9 Å². The molecule has 3 heteroatoms. The highest BCUT2D eigenvalue weighted by molar-refractivity contribution is 5.15. The summed E-state index contributed by atoms with van der Waals surface area (Å²) in [4.78, 5) is 2.19. The van der Waals surface area contributed by atoms with Gasteiger partial charge in [0, 0.05) is 25.0 Å². The van der Waals surface area contributed by atoms with Crippen molar-refractivity contribution in [3.8, 4) is 0 Å². The Hall–Kier alpha value is -1.06. The zero-order chi connectivity index (χ0) is 11.4. The van der Waals surface area contributed by atoms with Gasteiger partial charge in [0.2, 0.25) is 0 Å². The van der Waals surface area contributed by atoms with Crippen molar-refractivity contribution in [2.75, 3.05) is 6.54 Å². The largest absolute Gasteiger partial charge is 0.392 e. The van der Waals surface area contributed by atoms with Gasteiger partial charge in [0.1, 0.15) is 0 Å². The van der Waals surface area contributed by atoms with Crippen molar-refractivity contribution in [3.05, 3.63) is 36.7 Å². The third-order valence-electron chi connectivity index (χ3n) is 3.33. The lowest BCUT2D eigenvalue weighted by molar-refractivity contribution is 0.0822. The predicted octanol–water partition coefficient (Wildman–Crippen LogP) is 1.37. The summed E-state index contributed by atoms with van der Waals surface area (Å²) in [5, 5.41) is 9.57. The van der Waals surface area contributed by atoms with Gasteiger partial charge in [-0.05, 0) is 37.3 Å². The molecular weight excluding hydrogens is 200 g/mol. The molecule has 1 heterocycles. The molecule has 1 saturated carbocycles. The first-order chi connectivity index (χ1) is 7.75. The second-order valence-corrected chi connectivity index (χ2v) is 4.68. The summed E-state index contributed by atoms with van der Waals surface area (Å²) in [5.74, 6) is 0.589. The summed E-state index contributed by atoms with van der Waals surface area (Å²) in [6.07, 6.45) is 14.8. The fraction of sp³-hybridized carbons (Fsp3) is 0.538. The minimum atomic E-state index is -0.298. The van der Waals surface area contributed by atoms with Crippen molar-refractivity contribution in [1.29, 1.82) is 0 Å². The molecule has 0 aromatic carbocycles. The van der Waals surface area contributed by atoms with Gasteiger partial charge in [-0.15, -0.1) is 0 Å². The summed E-state index contributed by atoms with van der Waals surface area (Å²) in [7, 11) is 0. The third kappa shape index (κ3) is 2.97. The normalized spacial score (nSPS) is 34.1. The van der Waals surface area contributed by atoms with Crippen molar-refractivity contribution in [3.63, 3.8) is 0 Å². The minimum absolute atomic E-state index is 0.0446. The third-order valence-corrected chi connectivity index (χ3v) is 3.33. The van der Waals surface area contributed by atoms with Gasteiger partial charge in [-0.3, -0.25) is 0 Å². The van der Waals surface area contributed by atoms with Crippen LogP contribution in [0.4, 0.5) is 0 Å². The van der Waals surface area contributed by atoms with Gasteiger partial charge in [-0.2, -0.15) is 0 Å². The molecule has 0 spiro atoms. The smallest absolute Gasteiger partial charge is 0.0691 e. The molecule has 0 amide bonds. The maximum Gasteiger partial charge on any atom is 0.0691 e. The van der Waals surface area contributed by atoms with Gasteiger partial charge >= 0.3 is 0 Å². The van der Waals surface area contributed by atoms with E-state index in [4.69, 9.17) is 5.73 Å². The molecule has 1 aliphatic heterocycles. The Balaban J connectivity index is 1.86. The van der Waals surface area contributed by atoms with Crippen LogP contribution < -0.4 is 5.73 Å². The van der Waals surface area contributed by atoms with E-state index in [1.807, 2.05) is 24.3 Å². The first-order valence-electron chi connectivity index (χ1n) is 5.97. The van der Waals surface area contributed by atoms with Gasteiger partial charge < -0.3 is 15.7 Å². The number of rotatable bonds is 2. The lowest BCUT2D eigenvalue weighted by Crippen LogP contribution is -2.42. The van der Waals surface area contributed by atoms with Crippen LogP contribution in [0.1, 0.15) is 19.3 Å². The lowest BCUT2D eigenvalue weighted by atomic mass is 9.84. The Morgan fingerprint density at radius 2 is 1.81 bits per heavy atom. The molecule has 3 N–H and O–H groups in total. The van der Waals surface area contributed by atoms with Crippen molar-refractivity contribution < 1.29 is 5.11 Å². The number of hydrogen-bond acceptors (Lipinski definition) is 3. The average Bonchev–Trinajstić information content (AvgIpc) is 2.52. The Morgan fingerprint density at radius 1 is 1.12 bits per heavy atom. The van der Waals surface area contributed by atoms with Crippen LogP contribution in [0.5, 0.6) is 0 Å². The van der Waals surface area contributed by atoms with Crippen molar-refractivity contribution in [2.45, 2.75) is 31.4 Å². The second-order valence-electron chi connectivity index (χ2n) is 4.68. The maximum absolute atomic E-state index is 9.57. The monoisotopic (exact) mass is 220 g/mol. The zero-order valence-electron chi connectivity index (χ0n) is 9.50. The van der Waals surface area contributed by atoms with Crippen LogP contribution in [0, 0.1) is 5.92 Å². The molecule has 0 radical (unpaired) electrons. The SMILES string of the molecule is NC1CC(CN2C=CC=CC=C2)CCC1O. The van der Waals surface area contributed by atoms with Crippen molar-refractivity contribution in [1.82, 2.24) is 4.90 Å². The van der Waals surface area contributed by atoms with Crippen LogP contribution >= 0.6 is 0 Å². The van der Waals surface area contributed by atoms with Crippen LogP contribution in [0.3, 0.4) is 0 Å². The quantitative estimate of drug-likeness (QED) is 0.739. The van der Waals surface area contributed by atoms with E-state index in [9.17, 15) is 5.11 Å². The van der Waals surface area contributed by atoms with Crippen LogP contribution in [0.25, 0.3) is 0 Å². The summed E-state index contributed by atoms with van der Waals surface area (Å²) in [6, 6.07) is -0.0446. The van der Waals surface area contributed by atoms with Gasteiger partial charge in [-0.1, -0.05) is 12.2 Å². The van der Waals surface area contributed by atoms with Crippen LogP contribution in [0.2, 0.25) is 0 Å². The topological polar surface area (TPSA) is 49.5 Å². The zero-order valence-corrected chi connectivity index (χ0v) is 9.50. The Kier molecular flexibility index (Phi) is 3.80. The fourth-order valence-electron chi connectivity index (χ4n) is 2.36. The van der Waals surface area contributed by atoms with Crippen molar-refractivity contribution >= 4 is 0 Å². The summed E-state index contributed by atoms with van der Waals surface area (Å²) >= 11 is 0. The number of nitrogens with two attached hydrogens (primary N) is 1. The Morgan fingerprint density at radius 3 is 2.44 bits per heavy atom. The number of hydrogen-bond donors (Lipinski definition) is 2. The summed E-state index contributed by atoms with van der Waals surface area (Å²) in [6.45, 7) is 0.995. The van der Waals surface area contributed by atoms with Crippen LogP contribution in [0.15, 0.2) is 36.7 Å². The number of aliphatic hydroxyl groups is 1. The molecule has 2 aliphatic rings. The van der Waals surface area contributed by atoms with Gasteiger partial charge in [-0.25, -0.2) is 0 Å². The van der Waals surface area contributed by atoms with E-state index in [-0.39, 0.29) is 12.1 Å². The summed E-state index contributed by atoms with van der Waals surface area (Å²) in [5.41, 5.74) is 5.89. The standard InChI is InChI=1S/C13H20N2O/c14-12-9-11(5-6-13(12)16)10-15-7-3-1-2-4-8-15/h1-4,7-8,11-13,16H,5-6,9-10,14H2. The first-order valence-corrected chi connectivity index (χ1v) is 5.97. The highest BCUT2D eigenvalue weighted by Gasteiger charge is 2.26. The number of allylic oxidation sites excluding steroid dienone is 4. The molecule has 0 bridgehead atoms. The molecule has 0 aromatic heterocycles. The molecule has 88 valence electrons. The van der Waals surface area contributed by atoms with E-state index >= 15 is 0 Å². The predicted molar refractivity (Wildman–Crippen MR) is 65.4 cm³/mol. The molecule has 2 rings (SSSR count). The van der Waals surface area contributed by atoms with E-state index < -0.39 is 0 Å². The fourth-order valence-corrected chi connectivity index (χ4v) is 2.36. The van der Waals surface area contributed by atoms with Crippen molar-refractivity contribution in [2.24, 2.45) is 11.7 Å². The van der Waals surface area contributed by atoms with E-state index in [2.05, 4.69) is 17.3 Å². The molecule has 0 aromatic rings. The van der Waals surface area contributed by atoms with Gasteiger partial charge in [0.05, 0.1) is 6.10 Å². The van der Waals surface area contributed by atoms with Gasteiger partial charge in [0.25, 0.3) is 0 Å². The lowest BCUT2D eigenvalue weighted by Gasteiger charge is -2.33. The minimum Gasteiger partial charge on any atom is -0.392 e. The molecule has 0 saturated heterocycles. The van der Waals surface area contributed by atoms with Crippen LogP contribution in [-0.2, 0) is 0 Å². The number of nitrogens with zero attached hydrogens (tertiary/aromatic N) is 1. The Bertz CT molecular complexity index is 293. The molecule has 3 atom stereocenters. The molecule has 1 aliphatic carbocycles. The van der Waals surface area contributed by atoms with Crippen LogP contribution in [-0.4, -0.2) is 28.7 Å². The molecule has 3 unspecified atom stereocenters. The van der Waals surface area contributed by atoms with E-state index in [0.717, 1.165) is 25.8 Å². The first kappa shape index (κ1) is 11.4. The van der Waals surface area contributed by atoms with Gasteiger partial charge in [0.15, 0.2) is 0 Å². The second kappa shape index (κ2) is 5.32. The molecular formula is C13H20N2O. The average molecular weight is 220 g/mol. The van der Waals surface area contributed by atoms with E-state index in [1.165, 1.54) is 0 Å². The number of aliphatic hydroxyl groups excluding tert-OH is 1. The molecule has 1 fully saturated rings. The highest BCUT2D eigenvalue weighted by Crippen LogP contribution is 2.24. The molecule has 16 heavy (non-hydrogen) atoms. The maximum atomic E-state index is 9.57. The summed E-state index contributed by atoms with van der Waals surface area (Å²) < 4.78 is 0. The molecule has 3 nitrogen and oxygen atoms in total.